The molecule has 3 aliphatic rings. The van der Waals surface area contributed by atoms with E-state index in [0.717, 1.165) is 5.56 Å². The first-order chi connectivity index (χ1) is 19.7. The van der Waals surface area contributed by atoms with Gasteiger partial charge in [0.2, 0.25) is 0 Å². The van der Waals surface area contributed by atoms with Crippen LogP contribution in [0.1, 0.15) is 70.4 Å². The second-order valence-electron chi connectivity index (χ2n) is 12.9. The number of carbonyl (C=O) groups excluding carboxylic acids is 3. The van der Waals surface area contributed by atoms with E-state index in [4.69, 9.17) is 25.8 Å². The SMILES string of the molecule is COc1cc(C2C3=C(CC(C)(C)CC3=O)OC3=C2C(=O)CC(C)(C)C3)cc(Br)c1OCC(=O)Nc1ccc(C)c(Cl)c1. The quantitative estimate of drug-likeness (QED) is 0.341. The fraction of sp³-hybridized carbons (Fsp3) is 0.424. The van der Waals surface area contributed by atoms with E-state index in [2.05, 4.69) is 48.9 Å². The Morgan fingerprint density at radius 1 is 1.00 bits per heavy atom. The lowest BCUT2D eigenvalue weighted by atomic mass is 9.65. The highest BCUT2D eigenvalue weighted by Crippen LogP contribution is 2.54. The van der Waals surface area contributed by atoms with E-state index in [9.17, 15) is 14.4 Å². The van der Waals surface area contributed by atoms with E-state index in [1.165, 1.54) is 7.11 Å². The van der Waals surface area contributed by atoms with Gasteiger partial charge in [-0.3, -0.25) is 14.4 Å². The first-order valence-corrected chi connectivity index (χ1v) is 15.1. The molecule has 0 unspecified atom stereocenters. The lowest BCUT2D eigenvalue weighted by Crippen LogP contribution is -2.37. The fourth-order valence-corrected chi connectivity index (χ4v) is 6.81. The van der Waals surface area contributed by atoms with Gasteiger partial charge in [-0.05, 0) is 69.1 Å². The molecule has 1 aliphatic heterocycles. The van der Waals surface area contributed by atoms with Gasteiger partial charge in [-0.1, -0.05) is 45.4 Å². The third-order valence-electron chi connectivity index (χ3n) is 7.97. The summed E-state index contributed by atoms with van der Waals surface area (Å²) < 4.78 is 18.5. The molecule has 0 fully saturated rings. The van der Waals surface area contributed by atoms with Crippen LogP contribution in [0.5, 0.6) is 11.5 Å². The minimum Gasteiger partial charge on any atom is -0.493 e. The smallest absolute Gasteiger partial charge is 0.262 e. The molecule has 1 N–H and O–H groups in total. The zero-order valence-corrected chi connectivity index (χ0v) is 27.0. The van der Waals surface area contributed by atoms with Crippen LogP contribution < -0.4 is 14.8 Å². The molecule has 222 valence electrons. The van der Waals surface area contributed by atoms with Crippen molar-refractivity contribution in [2.75, 3.05) is 19.0 Å². The second-order valence-corrected chi connectivity index (χ2v) is 14.2. The maximum Gasteiger partial charge on any atom is 0.262 e. The number of nitrogens with one attached hydrogen (secondary N) is 1. The summed E-state index contributed by atoms with van der Waals surface area (Å²) in [6.07, 6.45) is 1.96. The number of benzene rings is 2. The van der Waals surface area contributed by atoms with Gasteiger partial charge in [0.05, 0.1) is 11.6 Å². The molecule has 0 saturated carbocycles. The summed E-state index contributed by atoms with van der Waals surface area (Å²) in [4.78, 5) is 39.9. The number of allylic oxidation sites excluding steroid dienone is 4. The van der Waals surface area contributed by atoms with Gasteiger partial charge in [-0.2, -0.15) is 0 Å². The first kappa shape index (κ1) is 30.4. The molecule has 2 aliphatic carbocycles. The number of Topliss-reactive ketones (excluding diaryl/α,β-unsaturated/α-hetero) is 2. The number of ketones is 2. The Balaban J connectivity index is 1.49. The third kappa shape index (κ3) is 6.02. The van der Waals surface area contributed by atoms with Gasteiger partial charge in [0.15, 0.2) is 29.7 Å². The Morgan fingerprint density at radius 3 is 2.14 bits per heavy atom. The topological polar surface area (TPSA) is 90.9 Å². The van der Waals surface area contributed by atoms with Crippen LogP contribution in [0.2, 0.25) is 5.02 Å². The van der Waals surface area contributed by atoms with E-state index in [1.807, 2.05) is 19.1 Å². The molecule has 1 amide bonds. The van der Waals surface area contributed by atoms with E-state index >= 15 is 0 Å². The van der Waals surface area contributed by atoms with Gasteiger partial charge < -0.3 is 19.5 Å². The van der Waals surface area contributed by atoms with E-state index in [1.54, 1.807) is 18.2 Å². The molecule has 0 spiro atoms. The molecule has 2 aromatic rings. The molecule has 0 bridgehead atoms. The second kappa shape index (κ2) is 11.2. The Hall–Kier alpha value is -3.10. The number of anilines is 1. The van der Waals surface area contributed by atoms with Gasteiger partial charge in [0, 0.05) is 53.5 Å². The van der Waals surface area contributed by atoms with Gasteiger partial charge in [-0.15, -0.1) is 0 Å². The van der Waals surface area contributed by atoms with E-state index < -0.39 is 5.92 Å². The van der Waals surface area contributed by atoms with Gasteiger partial charge in [0.1, 0.15) is 11.5 Å². The molecule has 9 heteroatoms. The lowest BCUT2D eigenvalue weighted by molar-refractivity contribution is -0.120. The molecule has 2 aromatic carbocycles. The molecule has 5 rings (SSSR count). The minimum atomic E-state index is -0.579. The Bertz CT molecular complexity index is 1520. The number of carbonyl (C=O) groups is 3. The van der Waals surface area contributed by atoms with Crippen molar-refractivity contribution in [2.45, 2.75) is 66.2 Å². The summed E-state index contributed by atoms with van der Waals surface area (Å²) in [6.45, 7) is 9.84. The number of amides is 1. The maximum atomic E-state index is 13.6. The number of methoxy groups -OCH3 is 1. The molecule has 1 heterocycles. The minimum absolute atomic E-state index is 0.0151. The van der Waals surface area contributed by atoms with Crippen LogP contribution in [0.4, 0.5) is 5.69 Å². The van der Waals surface area contributed by atoms with Crippen LogP contribution in [-0.2, 0) is 19.1 Å². The predicted molar refractivity (Wildman–Crippen MR) is 165 cm³/mol. The third-order valence-corrected chi connectivity index (χ3v) is 8.97. The number of ether oxygens (including phenoxy) is 3. The fourth-order valence-electron chi connectivity index (χ4n) is 6.06. The summed E-state index contributed by atoms with van der Waals surface area (Å²) in [5.74, 6) is 1.02. The van der Waals surface area contributed by atoms with Crippen LogP contribution in [-0.4, -0.2) is 31.2 Å². The van der Waals surface area contributed by atoms with Gasteiger partial charge in [0.25, 0.3) is 5.91 Å². The average molecular weight is 657 g/mol. The predicted octanol–water partition coefficient (Wildman–Crippen LogP) is 7.84. The van der Waals surface area contributed by atoms with E-state index in [-0.39, 0.29) is 34.9 Å². The van der Waals surface area contributed by atoms with Crippen molar-refractivity contribution in [3.05, 3.63) is 73.6 Å². The molecule has 7 nitrogen and oxygen atoms in total. The summed E-state index contributed by atoms with van der Waals surface area (Å²) in [7, 11) is 1.51. The van der Waals surface area contributed by atoms with Crippen LogP contribution >= 0.6 is 27.5 Å². The number of aryl methyl sites for hydroxylation is 1. The van der Waals surface area contributed by atoms with E-state index in [0.29, 0.717) is 80.6 Å². The first-order valence-electron chi connectivity index (χ1n) is 13.9. The van der Waals surface area contributed by atoms with Crippen LogP contribution in [0.15, 0.2) is 57.5 Å². The largest absolute Gasteiger partial charge is 0.493 e. The van der Waals surface area contributed by atoms with Crippen molar-refractivity contribution in [3.8, 4) is 11.5 Å². The monoisotopic (exact) mass is 655 g/mol. The van der Waals surface area contributed by atoms with Crippen LogP contribution in [0.25, 0.3) is 0 Å². The van der Waals surface area contributed by atoms with Crippen molar-refractivity contribution in [1.82, 2.24) is 0 Å². The van der Waals surface area contributed by atoms with Gasteiger partial charge in [-0.25, -0.2) is 0 Å². The molecular formula is C33H35BrClNO6. The highest BCUT2D eigenvalue weighted by molar-refractivity contribution is 9.10. The summed E-state index contributed by atoms with van der Waals surface area (Å²) >= 11 is 9.77. The van der Waals surface area contributed by atoms with Crippen LogP contribution in [0, 0.1) is 17.8 Å². The summed E-state index contributed by atoms with van der Waals surface area (Å²) in [6, 6.07) is 8.89. The van der Waals surface area contributed by atoms with Crippen molar-refractivity contribution in [3.63, 3.8) is 0 Å². The summed E-state index contributed by atoms with van der Waals surface area (Å²) in [5, 5.41) is 3.33. The van der Waals surface area contributed by atoms with Crippen molar-refractivity contribution in [2.24, 2.45) is 10.8 Å². The van der Waals surface area contributed by atoms with Gasteiger partial charge >= 0.3 is 0 Å². The number of hydrogen-bond acceptors (Lipinski definition) is 6. The molecule has 0 aromatic heterocycles. The summed E-state index contributed by atoms with van der Waals surface area (Å²) in [5.41, 5.74) is 2.79. The van der Waals surface area contributed by atoms with Crippen molar-refractivity contribution < 1.29 is 28.6 Å². The zero-order valence-electron chi connectivity index (χ0n) is 24.7. The number of hydrogen-bond donors (Lipinski definition) is 1. The Morgan fingerprint density at radius 2 is 1.60 bits per heavy atom. The van der Waals surface area contributed by atoms with Crippen molar-refractivity contribution >= 4 is 50.7 Å². The normalized spacial score (nSPS) is 19.6. The lowest BCUT2D eigenvalue weighted by Gasteiger charge is -2.42. The molecule has 0 atom stereocenters. The highest BCUT2D eigenvalue weighted by Gasteiger charge is 2.48. The standard InChI is InChI=1S/C33H35BrClNO6/c1-17-7-8-19(11-21(17)35)36-27(39)16-41-31-20(34)9-18(10-24(31)40-6)28-29-22(37)12-32(2,3)14-25(29)42-26-15-33(4,5)13-23(38)30(26)28/h7-11,28H,12-16H2,1-6H3,(H,36,39). The van der Waals surface area contributed by atoms with Crippen molar-refractivity contribution in [1.29, 1.82) is 0 Å². The zero-order chi connectivity index (χ0) is 30.6. The Kier molecular flexibility index (Phi) is 8.09. The average Bonchev–Trinajstić information content (AvgIpc) is 2.87. The van der Waals surface area contributed by atoms with Crippen LogP contribution in [0.3, 0.4) is 0 Å². The highest BCUT2D eigenvalue weighted by atomic mass is 79.9. The number of halogens is 2. The molecule has 0 radical (unpaired) electrons. The maximum absolute atomic E-state index is 13.6. The number of rotatable bonds is 6. The molecule has 0 saturated heterocycles. The molecular weight excluding hydrogens is 622 g/mol. The molecule has 42 heavy (non-hydrogen) atoms. The Labute approximate surface area is 259 Å².